The molecule has 11 heavy (non-hydrogen) atoms. The second-order valence-corrected chi connectivity index (χ2v) is 3.40. The van der Waals surface area contributed by atoms with Crippen LogP contribution in [-0.2, 0) is 0 Å². The summed E-state index contributed by atoms with van der Waals surface area (Å²) in [7, 11) is 2.22. The van der Waals surface area contributed by atoms with Gasteiger partial charge < -0.3 is 10.2 Å². The van der Waals surface area contributed by atoms with Gasteiger partial charge in [-0.25, -0.2) is 0 Å². The zero-order valence-electron chi connectivity index (χ0n) is 6.75. The highest BCUT2D eigenvalue weighted by Gasteiger charge is 2.33. The lowest BCUT2D eigenvalue weighted by atomic mass is 10.0. The number of nitrogens with one attached hydrogen (secondary N) is 1. The summed E-state index contributed by atoms with van der Waals surface area (Å²) in [4.78, 5) is 2.44. The summed E-state index contributed by atoms with van der Waals surface area (Å²) in [6, 6.07) is 0. The quantitative estimate of drug-likeness (QED) is 0.615. The van der Waals surface area contributed by atoms with E-state index in [1.54, 1.807) is 0 Å². The average Bonchev–Trinajstić information content (AvgIpc) is 2.22. The third kappa shape index (κ3) is 2.22. The Morgan fingerprint density at radius 3 is 2.00 bits per heavy atom. The maximum Gasteiger partial charge on any atom is 0.00225 e. The third-order valence-corrected chi connectivity index (χ3v) is 2.57. The number of halogens is 2. The van der Waals surface area contributed by atoms with Gasteiger partial charge in [0.2, 0.25) is 0 Å². The molecule has 0 radical (unpaired) electrons. The van der Waals surface area contributed by atoms with E-state index in [0.29, 0.717) is 0 Å². The fourth-order valence-electron chi connectivity index (χ4n) is 2.09. The first-order chi connectivity index (χ1) is 4.36. The van der Waals surface area contributed by atoms with E-state index in [1.807, 2.05) is 0 Å². The zero-order valence-corrected chi connectivity index (χ0v) is 8.38. The normalized spacial score (nSPS) is 35.7. The molecule has 4 heteroatoms. The average molecular weight is 199 g/mol. The van der Waals surface area contributed by atoms with Crippen molar-refractivity contribution in [2.24, 2.45) is 11.8 Å². The van der Waals surface area contributed by atoms with Crippen molar-refractivity contribution in [3.05, 3.63) is 0 Å². The highest BCUT2D eigenvalue weighted by molar-refractivity contribution is 5.85. The molecule has 0 spiro atoms. The first-order valence-electron chi connectivity index (χ1n) is 3.75. The maximum atomic E-state index is 3.42. The van der Waals surface area contributed by atoms with Crippen molar-refractivity contribution in [2.45, 2.75) is 0 Å². The fraction of sp³-hybridized carbons (Fsp3) is 1.00. The third-order valence-electron chi connectivity index (χ3n) is 2.57. The van der Waals surface area contributed by atoms with Crippen molar-refractivity contribution in [1.82, 2.24) is 10.2 Å². The van der Waals surface area contributed by atoms with E-state index >= 15 is 0 Å². The van der Waals surface area contributed by atoms with Crippen LogP contribution in [0.15, 0.2) is 0 Å². The Labute approximate surface area is 80.5 Å². The minimum absolute atomic E-state index is 0. The number of hydrogen-bond acceptors (Lipinski definition) is 2. The summed E-state index contributed by atoms with van der Waals surface area (Å²) in [5, 5.41) is 3.42. The molecular formula is C7H16Cl2N2. The van der Waals surface area contributed by atoms with Gasteiger partial charge in [0, 0.05) is 13.1 Å². The van der Waals surface area contributed by atoms with E-state index in [-0.39, 0.29) is 24.8 Å². The summed E-state index contributed by atoms with van der Waals surface area (Å²) < 4.78 is 0. The summed E-state index contributed by atoms with van der Waals surface area (Å²) >= 11 is 0. The largest absolute Gasteiger partial charge is 0.316 e. The van der Waals surface area contributed by atoms with Crippen LogP contribution in [-0.4, -0.2) is 38.1 Å². The second kappa shape index (κ2) is 4.51. The van der Waals surface area contributed by atoms with Gasteiger partial charge in [-0.15, -0.1) is 24.8 Å². The van der Waals surface area contributed by atoms with Gasteiger partial charge in [0.25, 0.3) is 0 Å². The minimum Gasteiger partial charge on any atom is -0.316 e. The van der Waals surface area contributed by atoms with Gasteiger partial charge in [-0.05, 0) is 32.0 Å². The predicted octanol–water partition coefficient (Wildman–Crippen LogP) is 0.611. The molecule has 2 fully saturated rings. The van der Waals surface area contributed by atoms with Crippen molar-refractivity contribution in [1.29, 1.82) is 0 Å². The molecule has 0 aromatic heterocycles. The van der Waals surface area contributed by atoms with E-state index in [9.17, 15) is 0 Å². The standard InChI is InChI=1S/C7H14N2.2ClH/c1-9-4-6-2-8-3-7(6)5-9;;/h6-8H,2-5H2,1H3;2*1H/t6-,7-;;/m0../s1. The van der Waals surface area contributed by atoms with Gasteiger partial charge in [0.1, 0.15) is 0 Å². The molecule has 2 aliphatic heterocycles. The van der Waals surface area contributed by atoms with Gasteiger partial charge in [-0.3, -0.25) is 0 Å². The molecule has 0 unspecified atom stereocenters. The van der Waals surface area contributed by atoms with E-state index in [1.165, 1.54) is 26.2 Å². The summed E-state index contributed by atoms with van der Waals surface area (Å²) in [6.45, 7) is 5.15. The van der Waals surface area contributed by atoms with Crippen LogP contribution in [0.5, 0.6) is 0 Å². The van der Waals surface area contributed by atoms with Crippen LogP contribution in [0.2, 0.25) is 0 Å². The van der Waals surface area contributed by atoms with Crippen LogP contribution < -0.4 is 5.32 Å². The Morgan fingerprint density at radius 1 is 1.09 bits per heavy atom. The Bertz CT molecular complexity index is 109. The molecule has 2 aliphatic rings. The Kier molecular flexibility index (Phi) is 4.71. The predicted molar refractivity (Wildman–Crippen MR) is 51.8 cm³/mol. The monoisotopic (exact) mass is 198 g/mol. The van der Waals surface area contributed by atoms with Gasteiger partial charge in [-0.1, -0.05) is 0 Å². The number of nitrogens with zero attached hydrogens (tertiary/aromatic N) is 1. The summed E-state index contributed by atoms with van der Waals surface area (Å²) in [5.74, 6) is 1.94. The van der Waals surface area contributed by atoms with Crippen LogP contribution in [0.1, 0.15) is 0 Å². The Balaban J connectivity index is 0.000000500. The van der Waals surface area contributed by atoms with Crippen molar-refractivity contribution >= 4 is 24.8 Å². The minimum atomic E-state index is 0. The molecule has 68 valence electrons. The van der Waals surface area contributed by atoms with E-state index in [2.05, 4.69) is 17.3 Å². The van der Waals surface area contributed by atoms with Gasteiger partial charge in [0.05, 0.1) is 0 Å². The Morgan fingerprint density at radius 2 is 1.55 bits per heavy atom. The molecule has 2 saturated heterocycles. The van der Waals surface area contributed by atoms with Crippen molar-refractivity contribution in [3.63, 3.8) is 0 Å². The van der Waals surface area contributed by atoms with Crippen molar-refractivity contribution in [2.75, 3.05) is 33.2 Å². The van der Waals surface area contributed by atoms with Crippen molar-refractivity contribution in [3.8, 4) is 0 Å². The smallest absolute Gasteiger partial charge is 0.00225 e. The molecule has 2 nitrogen and oxygen atoms in total. The van der Waals surface area contributed by atoms with Gasteiger partial charge >= 0.3 is 0 Å². The van der Waals surface area contributed by atoms with Crippen LogP contribution >= 0.6 is 24.8 Å². The molecule has 0 aliphatic carbocycles. The number of rotatable bonds is 0. The number of fused-ring (bicyclic) bond motifs is 1. The maximum absolute atomic E-state index is 3.42. The second-order valence-electron chi connectivity index (χ2n) is 3.40. The highest BCUT2D eigenvalue weighted by Crippen LogP contribution is 2.24. The molecule has 2 atom stereocenters. The molecular weight excluding hydrogens is 183 g/mol. The molecule has 0 aromatic rings. The van der Waals surface area contributed by atoms with Gasteiger partial charge in [-0.2, -0.15) is 0 Å². The van der Waals surface area contributed by atoms with Crippen LogP contribution in [0.3, 0.4) is 0 Å². The first-order valence-corrected chi connectivity index (χ1v) is 3.75. The lowest BCUT2D eigenvalue weighted by Crippen LogP contribution is -2.21. The SMILES string of the molecule is CN1C[C@@H]2CNC[C@H]2C1.Cl.Cl. The molecule has 2 rings (SSSR count). The molecule has 0 amide bonds. The van der Waals surface area contributed by atoms with Crippen LogP contribution in [0.4, 0.5) is 0 Å². The number of hydrogen-bond donors (Lipinski definition) is 1. The molecule has 0 saturated carbocycles. The van der Waals surface area contributed by atoms with E-state index in [4.69, 9.17) is 0 Å². The lowest BCUT2D eigenvalue weighted by Gasteiger charge is -2.07. The highest BCUT2D eigenvalue weighted by atomic mass is 35.5. The molecule has 0 aromatic carbocycles. The number of likely N-dealkylation sites (tertiary alicyclic amines) is 1. The molecule has 0 bridgehead atoms. The van der Waals surface area contributed by atoms with Crippen molar-refractivity contribution < 1.29 is 0 Å². The lowest BCUT2D eigenvalue weighted by molar-refractivity contribution is 0.382. The summed E-state index contributed by atoms with van der Waals surface area (Å²) in [6.07, 6.45) is 0. The van der Waals surface area contributed by atoms with Crippen LogP contribution in [0, 0.1) is 11.8 Å². The topological polar surface area (TPSA) is 15.3 Å². The molecule has 2 heterocycles. The van der Waals surface area contributed by atoms with E-state index < -0.39 is 0 Å². The van der Waals surface area contributed by atoms with Crippen LogP contribution in [0.25, 0.3) is 0 Å². The van der Waals surface area contributed by atoms with Gasteiger partial charge in [0.15, 0.2) is 0 Å². The first kappa shape index (κ1) is 11.5. The fourth-order valence-corrected chi connectivity index (χ4v) is 2.09. The molecule has 1 N–H and O–H groups in total. The zero-order chi connectivity index (χ0) is 6.27. The van der Waals surface area contributed by atoms with E-state index in [0.717, 1.165) is 11.8 Å². The Hall–Kier alpha value is 0.500. The summed E-state index contributed by atoms with van der Waals surface area (Å²) in [5.41, 5.74) is 0.